The van der Waals surface area contributed by atoms with Crippen molar-refractivity contribution in [2.45, 2.75) is 6.92 Å². The van der Waals surface area contributed by atoms with Gasteiger partial charge in [0.2, 0.25) is 0 Å². The Morgan fingerprint density at radius 1 is 1.36 bits per heavy atom. The minimum Gasteiger partial charge on any atom is -0.377 e. The van der Waals surface area contributed by atoms with Crippen molar-refractivity contribution >= 4 is 16.7 Å². The molecule has 0 aliphatic rings. The first-order valence-electron chi connectivity index (χ1n) is 4.57. The molecule has 0 unspecified atom stereocenters. The summed E-state index contributed by atoms with van der Waals surface area (Å²) in [7, 11) is 5.98. The number of rotatable bonds is 1. The number of nitrogens with zero attached hydrogens (tertiary/aromatic N) is 4. The summed E-state index contributed by atoms with van der Waals surface area (Å²) in [4.78, 5) is 6.40. The fourth-order valence-electron chi connectivity index (χ4n) is 1.73. The second-order valence-electron chi connectivity index (χ2n) is 3.63. The van der Waals surface area contributed by atoms with E-state index in [1.807, 2.05) is 45.0 Å². The molecule has 0 amide bonds. The number of hydrogen-bond acceptors (Lipinski definition) is 3. The molecule has 4 nitrogen and oxygen atoms in total. The second-order valence-corrected chi connectivity index (χ2v) is 3.63. The number of pyridine rings is 1. The molecule has 0 N–H and O–H groups in total. The molecule has 14 heavy (non-hydrogen) atoms. The summed E-state index contributed by atoms with van der Waals surface area (Å²) in [6.45, 7) is 2.01. The highest BCUT2D eigenvalue weighted by Gasteiger charge is 2.11. The molecule has 0 bridgehead atoms. The van der Waals surface area contributed by atoms with E-state index >= 15 is 0 Å². The van der Waals surface area contributed by atoms with Crippen molar-refractivity contribution in [2.24, 2.45) is 7.05 Å². The van der Waals surface area contributed by atoms with E-state index in [0.717, 1.165) is 16.7 Å². The Kier molecular flexibility index (Phi) is 1.91. The Bertz CT molecular complexity index is 470. The van der Waals surface area contributed by atoms with Gasteiger partial charge in [0.25, 0.3) is 0 Å². The third-order valence-corrected chi connectivity index (χ3v) is 2.36. The largest absolute Gasteiger partial charge is 0.377 e. The van der Waals surface area contributed by atoms with Gasteiger partial charge in [0.1, 0.15) is 0 Å². The van der Waals surface area contributed by atoms with Crippen molar-refractivity contribution < 1.29 is 0 Å². The van der Waals surface area contributed by atoms with E-state index in [4.69, 9.17) is 0 Å². The van der Waals surface area contributed by atoms with E-state index in [1.54, 1.807) is 0 Å². The van der Waals surface area contributed by atoms with Crippen LogP contribution in [0.1, 0.15) is 5.69 Å². The second kappa shape index (κ2) is 2.97. The van der Waals surface area contributed by atoms with Crippen LogP contribution in [0, 0.1) is 6.92 Å². The lowest BCUT2D eigenvalue weighted by Gasteiger charge is -2.13. The minimum absolute atomic E-state index is 0.939. The maximum absolute atomic E-state index is 4.36. The number of aromatic nitrogens is 3. The third kappa shape index (κ3) is 1.14. The summed E-state index contributed by atoms with van der Waals surface area (Å²) in [5, 5.41) is 5.50. The van der Waals surface area contributed by atoms with Gasteiger partial charge in [0, 0.05) is 27.3 Å². The minimum atomic E-state index is 0.939. The van der Waals surface area contributed by atoms with E-state index in [2.05, 4.69) is 15.0 Å². The lowest BCUT2D eigenvalue weighted by atomic mass is 10.2. The van der Waals surface area contributed by atoms with E-state index in [0.29, 0.717) is 0 Å². The number of anilines is 1. The highest BCUT2D eigenvalue weighted by atomic mass is 15.3. The first-order valence-corrected chi connectivity index (χ1v) is 4.57. The molecule has 74 valence electrons. The molecule has 0 saturated heterocycles. The van der Waals surface area contributed by atoms with Gasteiger partial charge in [-0.3, -0.25) is 4.68 Å². The van der Waals surface area contributed by atoms with Crippen LogP contribution in [0.15, 0.2) is 12.3 Å². The van der Waals surface area contributed by atoms with E-state index in [1.165, 1.54) is 5.69 Å². The standard InChI is InChI=1S/C10H14N4/c1-7-9-8(13(2)3)5-6-11-10(9)14(4)12-7/h5-6H,1-4H3. The summed E-state index contributed by atoms with van der Waals surface area (Å²) in [5.74, 6) is 0. The first-order chi connectivity index (χ1) is 6.61. The average Bonchev–Trinajstić information content (AvgIpc) is 2.43. The van der Waals surface area contributed by atoms with Crippen LogP contribution in [-0.2, 0) is 7.05 Å². The van der Waals surface area contributed by atoms with Crippen molar-refractivity contribution in [1.82, 2.24) is 14.8 Å². The Morgan fingerprint density at radius 2 is 2.07 bits per heavy atom. The lowest BCUT2D eigenvalue weighted by Crippen LogP contribution is -2.09. The highest BCUT2D eigenvalue weighted by molar-refractivity contribution is 5.91. The number of hydrogen-bond donors (Lipinski definition) is 0. The molecule has 0 aromatic carbocycles. The topological polar surface area (TPSA) is 34.0 Å². The van der Waals surface area contributed by atoms with Gasteiger partial charge >= 0.3 is 0 Å². The molecule has 0 aliphatic carbocycles. The summed E-state index contributed by atoms with van der Waals surface area (Å²) in [6.07, 6.45) is 1.82. The zero-order chi connectivity index (χ0) is 10.3. The van der Waals surface area contributed by atoms with Crippen molar-refractivity contribution in [3.05, 3.63) is 18.0 Å². The molecule has 0 saturated carbocycles. The maximum atomic E-state index is 4.36. The highest BCUT2D eigenvalue weighted by Crippen LogP contribution is 2.25. The van der Waals surface area contributed by atoms with Gasteiger partial charge in [-0.2, -0.15) is 5.10 Å². The van der Waals surface area contributed by atoms with Gasteiger partial charge in [0.05, 0.1) is 16.8 Å². The Morgan fingerprint density at radius 3 is 2.71 bits per heavy atom. The van der Waals surface area contributed by atoms with Gasteiger partial charge in [-0.1, -0.05) is 0 Å². The Hall–Kier alpha value is -1.58. The van der Waals surface area contributed by atoms with Crippen LogP contribution in [0.5, 0.6) is 0 Å². The summed E-state index contributed by atoms with van der Waals surface area (Å²) >= 11 is 0. The molecule has 4 heteroatoms. The number of fused-ring (bicyclic) bond motifs is 1. The van der Waals surface area contributed by atoms with Crippen molar-refractivity contribution in [3.63, 3.8) is 0 Å². The van der Waals surface area contributed by atoms with Crippen molar-refractivity contribution in [2.75, 3.05) is 19.0 Å². The van der Waals surface area contributed by atoms with Crippen LogP contribution in [0.3, 0.4) is 0 Å². The maximum Gasteiger partial charge on any atom is 0.159 e. The molecule has 2 heterocycles. The molecule has 0 spiro atoms. The fraction of sp³-hybridized carbons (Fsp3) is 0.400. The average molecular weight is 190 g/mol. The Balaban J connectivity index is 2.85. The van der Waals surface area contributed by atoms with Gasteiger partial charge in [-0.05, 0) is 13.0 Å². The summed E-state index contributed by atoms with van der Waals surface area (Å²) in [5.41, 5.74) is 3.13. The van der Waals surface area contributed by atoms with Crippen LogP contribution >= 0.6 is 0 Å². The molecule has 2 rings (SSSR count). The molecule has 0 radical (unpaired) electrons. The predicted molar refractivity (Wildman–Crippen MR) is 57.6 cm³/mol. The SMILES string of the molecule is Cc1nn(C)c2nccc(N(C)C)c12. The third-order valence-electron chi connectivity index (χ3n) is 2.36. The molecule has 0 atom stereocenters. The van der Waals surface area contributed by atoms with Crippen molar-refractivity contribution in [1.29, 1.82) is 0 Å². The summed E-state index contributed by atoms with van der Waals surface area (Å²) in [6, 6.07) is 2.01. The van der Waals surface area contributed by atoms with Gasteiger partial charge in [0.15, 0.2) is 5.65 Å². The van der Waals surface area contributed by atoms with Crippen LogP contribution in [-0.4, -0.2) is 28.9 Å². The molecular weight excluding hydrogens is 176 g/mol. The summed E-state index contributed by atoms with van der Waals surface area (Å²) < 4.78 is 1.82. The quantitative estimate of drug-likeness (QED) is 0.680. The lowest BCUT2D eigenvalue weighted by molar-refractivity contribution is 0.774. The van der Waals surface area contributed by atoms with E-state index in [-0.39, 0.29) is 0 Å². The zero-order valence-corrected chi connectivity index (χ0v) is 8.94. The van der Waals surface area contributed by atoms with E-state index in [9.17, 15) is 0 Å². The van der Waals surface area contributed by atoms with Crippen LogP contribution in [0.25, 0.3) is 11.0 Å². The van der Waals surface area contributed by atoms with Gasteiger partial charge < -0.3 is 4.90 Å². The normalized spacial score (nSPS) is 10.9. The van der Waals surface area contributed by atoms with Crippen LogP contribution in [0.2, 0.25) is 0 Å². The van der Waals surface area contributed by atoms with E-state index < -0.39 is 0 Å². The first kappa shape index (κ1) is 8.99. The molecule has 2 aromatic rings. The van der Waals surface area contributed by atoms with Gasteiger partial charge in [-0.15, -0.1) is 0 Å². The van der Waals surface area contributed by atoms with Crippen LogP contribution < -0.4 is 4.90 Å². The fourth-order valence-corrected chi connectivity index (χ4v) is 1.73. The monoisotopic (exact) mass is 190 g/mol. The molecule has 0 fully saturated rings. The molecule has 2 aromatic heterocycles. The smallest absolute Gasteiger partial charge is 0.159 e. The van der Waals surface area contributed by atoms with Gasteiger partial charge in [-0.25, -0.2) is 4.98 Å². The van der Waals surface area contributed by atoms with Crippen molar-refractivity contribution in [3.8, 4) is 0 Å². The molecule has 0 aliphatic heterocycles. The number of aryl methyl sites for hydroxylation is 2. The van der Waals surface area contributed by atoms with Crippen LogP contribution in [0.4, 0.5) is 5.69 Å². The Labute approximate surface area is 83.2 Å². The molecular formula is C10H14N4. The zero-order valence-electron chi connectivity index (χ0n) is 8.94. The predicted octanol–water partition coefficient (Wildman–Crippen LogP) is 1.34.